The van der Waals surface area contributed by atoms with Gasteiger partial charge in [0.25, 0.3) is 0 Å². The normalized spacial score (nSPS) is 11.2. The second-order valence-corrected chi connectivity index (χ2v) is 5.72. The number of hydrogen-bond donors (Lipinski definition) is 0. The molecule has 0 amide bonds. The average Bonchev–Trinajstić information content (AvgIpc) is 2.28. The maximum atomic E-state index is 2.41. The van der Waals surface area contributed by atoms with E-state index >= 15 is 0 Å². The van der Waals surface area contributed by atoms with Crippen LogP contribution in [0.3, 0.4) is 0 Å². The summed E-state index contributed by atoms with van der Waals surface area (Å²) < 4.78 is 2.41. The molecule has 0 radical (unpaired) electrons. The summed E-state index contributed by atoms with van der Waals surface area (Å²) in [5.74, 6) is 0. The molecular weight excluding hydrogens is 366 g/mol. The first-order chi connectivity index (χ1) is 6.68. The maximum Gasteiger partial charge on any atom is 0 e. The van der Waals surface area contributed by atoms with Gasteiger partial charge in [-0.15, -0.1) is 6.04 Å². The first-order valence-electron chi connectivity index (χ1n) is 5.67. The van der Waals surface area contributed by atoms with Crippen LogP contribution < -0.4 is 0 Å². The summed E-state index contributed by atoms with van der Waals surface area (Å²) in [6, 6.07) is 1.36. The number of nitrogens with zero attached hydrogens (tertiary/aromatic N) is 1. The monoisotopic (exact) mass is 390 g/mol. The van der Waals surface area contributed by atoms with Crippen molar-refractivity contribution in [3.05, 3.63) is 28.6 Å². The molecule has 0 aromatic carbocycles. The third kappa shape index (κ3) is 2.56. The molecule has 0 aliphatic rings. The predicted octanol–water partition coefficient (Wildman–Crippen LogP) is 4.13. The van der Waals surface area contributed by atoms with E-state index in [1.807, 2.05) is 0 Å². The van der Waals surface area contributed by atoms with Crippen molar-refractivity contribution in [1.29, 1.82) is 0 Å². The van der Waals surface area contributed by atoms with E-state index in [-0.39, 0.29) is 26.5 Å². The minimum atomic E-state index is 0. The zero-order valence-electron chi connectivity index (χ0n) is 11.9. The molecule has 0 N–H and O–H groups in total. The first kappa shape index (κ1) is 15.8. The van der Waals surface area contributed by atoms with Crippen molar-refractivity contribution in [2.75, 3.05) is 0 Å². The SMILES string of the molecule is Cc1c(C)c(C(C)(C)C)n([C-](C)C)c1C.[W]. The molecule has 1 rings (SSSR count). The molecule has 1 nitrogen and oxygen atoms in total. The molecule has 0 spiro atoms. The zero-order chi connectivity index (χ0) is 12.0. The second kappa shape index (κ2) is 5.00. The minimum Gasteiger partial charge on any atom is -0.482 e. The van der Waals surface area contributed by atoms with E-state index in [9.17, 15) is 0 Å². The third-order valence-corrected chi connectivity index (χ3v) is 3.18. The molecule has 0 atom stereocenters. The van der Waals surface area contributed by atoms with Gasteiger partial charge < -0.3 is 4.57 Å². The van der Waals surface area contributed by atoms with Crippen molar-refractivity contribution in [2.24, 2.45) is 0 Å². The summed E-state index contributed by atoms with van der Waals surface area (Å²) in [6.45, 7) is 17.9. The van der Waals surface area contributed by atoms with Gasteiger partial charge >= 0.3 is 0 Å². The van der Waals surface area contributed by atoms with Crippen molar-refractivity contribution in [1.82, 2.24) is 4.57 Å². The fourth-order valence-corrected chi connectivity index (χ4v) is 2.41. The summed E-state index contributed by atoms with van der Waals surface area (Å²) in [6.07, 6.45) is 0. The summed E-state index contributed by atoms with van der Waals surface area (Å²) in [4.78, 5) is 0. The minimum absolute atomic E-state index is 0. The van der Waals surface area contributed by atoms with Gasteiger partial charge in [-0.2, -0.15) is 0 Å². The Morgan fingerprint density at radius 2 is 1.38 bits per heavy atom. The Balaban J connectivity index is 0.00000225. The molecule has 0 saturated heterocycles. The molecule has 0 saturated carbocycles. The molecular formula is C14H24NW-. The van der Waals surface area contributed by atoms with Gasteiger partial charge in [0.05, 0.1) is 0 Å². The van der Waals surface area contributed by atoms with Crippen molar-refractivity contribution in [3.8, 4) is 0 Å². The smallest absolute Gasteiger partial charge is 0 e. The second-order valence-electron chi connectivity index (χ2n) is 5.72. The molecule has 1 aromatic heterocycles. The van der Waals surface area contributed by atoms with Gasteiger partial charge in [0.1, 0.15) is 0 Å². The van der Waals surface area contributed by atoms with Crippen LogP contribution >= 0.6 is 0 Å². The van der Waals surface area contributed by atoms with Gasteiger partial charge in [0.2, 0.25) is 0 Å². The van der Waals surface area contributed by atoms with E-state index in [4.69, 9.17) is 0 Å². The van der Waals surface area contributed by atoms with E-state index in [0.29, 0.717) is 0 Å². The van der Waals surface area contributed by atoms with Gasteiger partial charge in [0.15, 0.2) is 0 Å². The van der Waals surface area contributed by atoms with Crippen LogP contribution in [0, 0.1) is 26.8 Å². The third-order valence-electron chi connectivity index (χ3n) is 3.18. The predicted molar refractivity (Wildman–Crippen MR) is 67.3 cm³/mol. The molecule has 0 aliphatic heterocycles. The molecule has 92 valence electrons. The van der Waals surface area contributed by atoms with Gasteiger partial charge in [-0.3, -0.25) is 0 Å². The van der Waals surface area contributed by atoms with Crippen molar-refractivity contribution >= 4 is 0 Å². The molecule has 0 aliphatic carbocycles. The van der Waals surface area contributed by atoms with Crippen LogP contribution in [0.5, 0.6) is 0 Å². The van der Waals surface area contributed by atoms with Crippen molar-refractivity contribution in [3.63, 3.8) is 0 Å². The average molecular weight is 390 g/mol. The van der Waals surface area contributed by atoms with Gasteiger partial charge in [-0.25, -0.2) is 0 Å². The summed E-state index contributed by atoms with van der Waals surface area (Å²) in [5.41, 5.74) is 5.93. The van der Waals surface area contributed by atoms with Gasteiger partial charge in [-0.05, 0) is 5.41 Å². The summed E-state index contributed by atoms with van der Waals surface area (Å²) >= 11 is 0. The largest absolute Gasteiger partial charge is 0.482 e. The molecule has 0 fully saturated rings. The Labute approximate surface area is 115 Å². The summed E-state index contributed by atoms with van der Waals surface area (Å²) in [5, 5.41) is 0. The molecule has 1 aromatic rings. The molecule has 2 heteroatoms. The fraction of sp³-hybridized carbons (Fsp3) is 0.643. The van der Waals surface area contributed by atoms with E-state index in [0.717, 1.165) is 0 Å². The Hall–Kier alpha value is -0.162. The number of hydrogen-bond acceptors (Lipinski definition) is 0. The van der Waals surface area contributed by atoms with E-state index in [1.54, 1.807) is 0 Å². The number of rotatable bonds is 1. The molecule has 16 heavy (non-hydrogen) atoms. The van der Waals surface area contributed by atoms with Gasteiger partial charge in [0, 0.05) is 21.1 Å². The van der Waals surface area contributed by atoms with Crippen LogP contribution in [0.1, 0.15) is 57.1 Å². The van der Waals surface area contributed by atoms with Crippen LogP contribution in [0.4, 0.5) is 0 Å². The summed E-state index contributed by atoms with van der Waals surface area (Å²) in [7, 11) is 0. The van der Waals surface area contributed by atoms with E-state index < -0.39 is 0 Å². The quantitative estimate of drug-likeness (QED) is 0.636. The maximum absolute atomic E-state index is 2.41. The van der Waals surface area contributed by atoms with Crippen LogP contribution in [0.2, 0.25) is 0 Å². The molecule has 0 bridgehead atoms. The zero-order valence-corrected chi connectivity index (χ0v) is 14.8. The topological polar surface area (TPSA) is 4.93 Å². The molecule has 0 unspecified atom stereocenters. The first-order valence-corrected chi connectivity index (χ1v) is 5.67. The van der Waals surface area contributed by atoms with Crippen LogP contribution in [0.25, 0.3) is 0 Å². The van der Waals surface area contributed by atoms with Crippen molar-refractivity contribution in [2.45, 2.75) is 60.8 Å². The number of aromatic nitrogens is 1. The molecule has 1 heterocycles. The van der Waals surface area contributed by atoms with Crippen molar-refractivity contribution < 1.29 is 21.1 Å². The van der Waals surface area contributed by atoms with Crippen LogP contribution in [0.15, 0.2) is 0 Å². The van der Waals surface area contributed by atoms with Crippen LogP contribution in [-0.2, 0) is 26.5 Å². The Morgan fingerprint density at radius 3 is 1.62 bits per heavy atom. The van der Waals surface area contributed by atoms with Gasteiger partial charge in [-0.1, -0.05) is 77.9 Å². The van der Waals surface area contributed by atoms with E-state index in [1.165, 1.54) is 28.6 Å². The Kier molecular flexibility index (Phi) is 4.95. The Bertz CT molecular complexity index is 367. The fourth-order valence-electron chi connectivity index (χ4n) is 2.41. The van der Waals surface area contributed by atoms with Crippen LogP contribution in [-0.4, -0.2) is 4.57 Å². The van der Waals surface area contributed by atoms with E-state index in [2.05, 4.69) is 60.0 Å². The Morgan fingerprint density at radius 1 is 0.938 bits per heavy atom. The standard InChI is InChI=1S/C14H24N.W/c1-9(2)15-12(5)10(3)11(4)13(15)14(6,7)8;/h1-8H3;/q-1;.